The van der Waals surface area contributed by atoms with Gasteiger partial charge in [0.05, 0.1) is 17.4 Å². The number of rotatable bonds is 6. The summed E-state index contributed by atoms with van der Waals surface area (Å²) in [5.41, 5.74) is 2.71. The number of aromatic amines is 1. The van der Waals surface area contributed by atoms with Crippen molar-refractivity contribution < 1.29 is 18.1 Å². The largest absolute Gasteiger partial charge is 0.365 e. The van der Waals surface area contributed by atoms with Gasteiger partial charge in [-0.1, -0.05) is 12.1 Å². The van der Waals surface area contributed by atoms with Crippen LogP contribution in [0.1, 0.15) is 54.4 Å². The van der Waals surface area contributed by atoms with Crippen LogP contribution < -0.4 is 10.6 Å². The zero-order valence-electron chi connectivity index (χ0n) is 20.6. The van der Waals surface area contributed by atoms with Crippen molar-refractivity contribution in [3.8, 4) is 11.4 Å². The standard InChI is InChI=1S/C21H25F2N5.C5H5NO2/c1-3-12-7-15-16(10-25-19(15)17(22)8-12)20-26-11-18(23)21(28-20)27-14-6-4-5-13(9-14)24-2;1-4-2-5(3-7)8-6-4/h7-8,10-11,13-14,24-25H,3-6,9H2,1-2H3,(H,26,27,28);2-3H,1H3. The summed E-state index contributed by atoms with van der Waals surface area (Å²) in [5.74, 6) is 0.0801. The lowest BCUT2D eigenvalue weighted by molar-refractivity contribution is 0.109. The second-order valence-corrected chi connectivity index (χ2v) is 8.93. The maximum absolute atomic E-state index is 14.4. The summed E-state index contributed by atoms with van der Waals surface area (Å²) in [7, 11) is 1.96. The zero-order valence-corrected chi connectivity index (χ0v) is 20.6. The molecule has 1 aliphatic rings. The van der Waals surface area contributed by atoms with Crippen LogP contribution in [0, 0.1) is 18.6 Å². The van der Waals surface area contributed by atoms with E-state index >= 15 is 0 Å². The van der Waals surface area contributed by atoms with Crippen molar-refractivity contribution in [2.75, 3.05) is 12.4 Å². The molecule has 190 valence electrons. The van der Waals surface area contributed by atoms with Gasteiger partial charge >= 0.3 is 0 Å². The number of carbonyl (C=O) groups is 1. The van der Waals surface area contributed by atoms with Crippen LogP contribution in [0.3, 0.4) is 0 Å². The number of aromatic nitrogens is 4. The van der Waals surface area contributed by atoms with Crippen LogP contribution in [0.4, 0.5) is 14.6 Å². The molecule has 10 heteroatoms. The molecule has 3 N–H and O–H groups in total. The van der Waals surface area contributed by atoms with Gasteiger partial charge < -0.3 is 20.1 Å². The van der Waals surface area contributed by atoms with Crippen molar-refractivity contribution >= 4 is 23.0 Å². The molecule has 0 spiro atoms. The highest BCUT2D eigenvalue weighted by Crippen LogP contribution is 2.31. The molecule has 2 atom stereocenters. The summed E-state index contributed by atoms with van der Waals surface area (Å²) < 4.78 is 33.2. The van der Waals surface area contributed by atoms with Crippen LogP contribution in [0.5, 0.6) is 0 Å². The molecule has 8 nitrogen and oxygen atoms in total. The van der Waals surface area contributed by atoms with Gasteiger partial charge in [-0.2, -0.15) is 0 Å². The number of anilines is 1. The predicted molar refractivity (Wildman–Crippen MR) is 134 cm³/mol. The fraction of sp³-hybridized carbons (Fsp3) is 0.385. The molecule has 1 saturated carbocycles. The molecule has 4 aromatic rings. The first kappa shape index (κ1) is 25.4. The SMILES string of the molecule is CCc1cc(F)c2[nH]cc(-c3ncc(F)c(NC4CCCC(NC)C4)n3)c2c1.Cc1cc(C=O)on1. The number of nitrogens with one attached hydrogen (secondary N) is 3. The number of carbonyl (C=O) groups excluding carboxylic acids is 1. The number of aldehydes is 1. The average Bonchev–Trinajstić information content (AvgIpc) is 3.52. The fourth-order valence-corrected chi connectivity index (χ4v) is 4.45. The Labute approximate surface area is 207 Å². The smallest absolute Gasteiger partial charge is 0.199 e. The first-order valence-electron chi connectivity index (χ1n) is 12.1. The van der Waals surface area contributed by atoms with Gasteiger partial charge in [0.15, 0.2) is 29.5 Å². The maximum atomic E-state index is 14.4. The third-order valence-corrected chi connectivity index (χ3v) is 6.38. The highest BCUT2D eigenvalue weighted by molar-refractivity contribution is 5.94. The Hall–Kier alpha value is -3.66. The quantitative estimate of drug-likeness (QED) is 0.315. The van der Waals surface area contributed by atoms with Gasteiger partial charge in [0, 0.05) is 35.3 Å². The van der Waals surface area contributed by atoms with Gasteiger partial charge in [-0.3, -0.25) is 4.79 Å². The first-order valence-corrected chi connectivity index (χ1v) is 12.1. The second-order valence-electron chi connectivity index (χ2n) is 8.93. The molecule has 3 aromatic heterocycles. The summed E-state index contributed by atoms with van der Waals surface area (Å²) in [6.45, 7) is 3.74. The van der Waals surface area contributed by atoms with Crippen molar-refractivity contribution in [2.45, 2.75) is 58.0 Å². The minimum Gasteiger partial charge on any atom is -0.365 e. The molecule has 0 saturated heterocycles. The predicted octanol–water partition coefficient (Wildman–Crippen LogP) is 5.20. The molecule has 1 aliphatic carbocycles. The van der Waals surface area contributed by atoms with E-state index in [0.717, 1.165) is 43.4 Å². The number of hydrogen-bond acceptors (Lipinski definition) is 7. The Morgan fingerprint density at radius 3 is 2.67 bits per heavy atom. The molecule has 0 aliphatic heterocycles. The number of halogens is 2. The molecular formula is C26H30F2N6O2. The van der Waals surface area contributed by atoms with Crippen LogP contribution >= 0.6 is 0 Å². The molecule has 0 amide bonds. The highest BCUT2D eigenvalue weighted by atomic mass is 19.1. The van der Waals surface area contributed by atoms with Crippen LogP contribution in [0.2, 0.25) is 0 Å². The maximum Gasteiger partial charge on any atom is 0.199 e. The Bertz CT molecular complexity index is 1340. The molecule has 0 radical (unpaired) electrons. The lowest BCUT2D eigenvalue weighted by Crippen LogP contribution is -2.37. The monoisotopic (exact) mass is 496 g/mol. The molecule has 36 heavy (non-hydrogen) atoms. The summed E-state index contributed by atoms with van der Waals surface area (Å²) in [5, 5.41) is 10.7. The van der Waals surface area contributed by atoms with Gasteiger partial charge in [-0.15, -0.1) is 0 Å². The van der Waals surface area contributed by atoms with E-state index in [1.165, 1.54) is 12.3 Å². The lowest BCUT2D eigenvalue weighted by atomic mass is 9.91. The normalized spacial score (nSPS) is 17.5. The Kier molecular flexibility index (Phi) is 8.04. The Balaban J connectivity index is 0.000000325. The molecule has 3 heterocycles. The van der Waals surface area contributed by atoms with E-state index < -0.39 is 5.82 Å². The number of aryl methyl sites for hydroxylation is 2. The topological polar surface area (TPSA) is 109 Å². The summed E-state index contributed by atoms with van der Waals surface area (Å²) in [6, 6.07) is 5.63. The van der Waals surface area contributed by atoms with Gasteiger partial charge in [0.1, 0.15) is 5.82 Å². The molecule has 0 bridgehead atoms. The van der Waals surface area contributed by atoms with E-state index in [9.17, 15) is 13.6 Å². The van der Waals surface area contributed by atoms with Gasteiger partial charge in [-0.25, -0.2) is 18.7 Å². The molecule has 5 rings (SSSR count). The minimum atomic E-state index is -0.476. The fourth-order valence-electron chi connectivity index (χ4n) is 4.45. The van der Waals surface area contributed by atoms with Crippen LogP contribution in [-0.2, 0) is 6.42 Å². The van der Waals surface area contributed by atoms with E-state index in [-0.39, 0.29) is 23.4 Å². The summed E-state index contributed by atoms with van der Waals surface area (Å²) in [6.07, 6.45) is 8.34. The Morgan fingerprint density at radius 2 is 2.00 bits per heavy atom. The number of fused-ring (bicyclic) bond motifs is 1. The van der Waals surface area contributed by atoms with E-state index in [2.05, 4.69) is 35.3 Å². The van der Waals surface area contributed by atoms with Crippen LogP contribution in [0.15, 0.2) is 35.1 Å². The molecule has 2 unspecified atom stereocenters. The number of H-pyrrole nitrogens is 1. The highest BCUT2D eigenvalue weighted by Gasteiger charge is 2.23. The van der Waals surface area contributed by atoms with Gasteiger partial charge in [-0.05, 0) is 63.8 Å². The minimum absolute atomic E-state index is 0.163. The van der Waals surface area contributed by atoms with Gasteiger partial charge in [0.25, 0.3) is 0 Å². The van der Waals surface area contributed by atoms with Crippen molar-refractivity contribution in [3.63, 3.8) is 0 Å². The van der Waals surface area contributed by atoms with Crippen molar-refractivity contribution in [1.29, 1.82) is 0 Å². The van der Waals surface area contributed by atoms with Gasteiger partial charge in [0.2, 0.25) is 0 Å². The number of benzene rings is 1. The molecule has 1 aromatic carbocycles. The van der Waals surface area contributed by atoms with E-state index in [4.69, 9.17) is 0 Å². The third kappa shape index (κ3) is 5.76. The van der Waals surface area contributed by atoms with Crippen molar-refractivity contribution in [3.05, 3.63) is 59.2 Å². The Morgan fingerprint density at radius 1 is 1.19 bits per heavy atom. The van der Waals surface area contributed by atoms with Crippen LogP contribution in [0.25, 0.3) is 22.3 Å². The lowest BCUT2D eigenvalue weighted by Gasteiger charge is -2.29. The number of nitrogens with zero attached hydrogens (tertiary/aromatic N) is 3. The summed E-state index contributed by atoms with van der Waals surface area (Å²) >= 11 is 0. The second kappa shape index (κ2) is 11.4. The van der Waals surface area contributed by atoms with Crippen LogP contribution in [-0.4, -0.2) is 45.5 Å². The van der Waals surface area contributed by atoms with E-state index in [1.807, 2.05) is 20.0 Å². The molecule has 1 fully saturated rings. The molecular weight excluding hydrogens is 466 g/mol. The van der Waals surface area contributed by atoms with E-state index in [0.29, 0.717) is 34.6 Å². The van der Waals surface area contributed by atoms with Crippen molar-refractivity contribution in [2.24, 2.45) is 0 Å². The number of hydrogen-bond donors (Lipinski definition) is 3. The van der Waals surface area contributed by atoms with E-state index in [1.54, 1.807) is 19.2 Å². The first-order chi connectivity index (χ1) is 17.4. The van der Waals surface area contributed by atoms with Crippen molar-refractivity contribution in [1.82, 2.24) is 25.4 Å². The zero-order chi connectivity index (χ0) is 25.7. The average molecular weight is 497 g/mol. The summed E-state index contributed by atoms with van der Waals surface area (Å²) in [4.78, 5) is 21.4. The third-order valence-electron chi connectivity index (χ3n) is 6.38.